The van der Waals surface area contributed by atoms with Gasteiger partial charge in [-0.2, -0.15) is 0 Å². The highest BCUT2D eigenvalue weighted by Crippen LogP contribution is 2.28. The van der Waals surface area contributed by atoms with Crippen LogP contribution in [0.4, 0.5) is 0 Å². The number of hydrogen-bond acceptors (Lipinski definition) is 10. The average molecular weight is 643 g/mol. The fraction of sp³-hybridized carbons (Fsp3) is 0.257. The highest BCUT2D eigenvalue weighted by Gasteiger charge is 2.27. The third-order valence-corrected chi connectivity index (χ3v) is 7.70. The normalized spacial score (nSPS) is 10.6. The van der Waals surface area contributed by atoms with E-state index in [9.17, 15) is 28.8 Å². The van der Waals surface area contributed by atoms with Gasteiger partial charge in [0.15, 0.2) is 0 Å². The fourth-order valence-corrected chi connectivity index (χ4v) is 5.15. The van der Waals surface area contributed by atoms with E-state index in [0.29, 0.717) is 33.6 Å². The highest BCUT2D eigenvalue weighted by atomic mass is 16.6. The zero-order valence-electron chi connectivity index (χ0n) is 26.4. The van der Waals surface area contributed by atoms with Gasteiger partial charge in [-0.3, -0.25) is 9.59 Å². The molecule has 0 radical (unpaired) electrons. The molecule has 12 heteroatoms. The Hall–Kier alpha value is -5.78. The second-order valence-electron chi connectivity index (χ2n) is 10.6. The standard InChI is InChI=1S/C35H34N2O10/c1-20-24(15-17-28(38)44-3)26(36-30(20)34(42)46-32(40)22-11-7-5-8-12-22)19-27-25(16-18-29(39)45-4)21(2)31(37-27)35(43)47-33(41)23-13-9-6-10-14-23/h5-14,36-37H,15-19H2,1-4H3. The van der Waals surface area contributed by atoms with Crippen LogP contribution in [0.1, 0.15) is 88.2 Å². The molecule has 2 aromatic heterocycles. The largest absolute Gasteiger partial charge is 0.469 e. The van der Waals surface area contributed by atoms with Crippen molar-refractivity contribution < 1.29 is 47.7 Å². The predicted octanol–water partition coefficient (Wildman–Crippen LogP) is 4.76. The van der Waals surface area contributed by atoms with Gasteiger partial charge in [0.1, 0.15) is 11.4 Å². The summed E-state index contributed by atoms with van der Waals surface area (Å²) in [7, 11) is 2.54. The Balaban J connectivity index is 1.70. The summed E-state index contributed by atoms with van der Waals surface area (Å²) in [6.45, 7) is 3.32. The number of hydrogen-bond donors (Lipinski definition) is 2. The number of H-pyrrole nitrogens is 2. The van der Waals surface area contributed by atoms with Crippen molar-refractivity contribution in [1.82, 2.24) is 9.97 Å². The summed E-state index contributed by atoms with van der Waals surface area (Å²) in [5.41, 5.74) is 3.51. The molecule has 0 aliphatic rings. The number of carbonyl (C=O) groups is 6. The number of nitrogens with one attached hydrogen (secondary N) is 2. The monoisotopic (exact) mass is 642 g/mol. The van der Waals surface area contributed by atoms with Crippen LogP contribution in [0.15, 0.2) is 60.7 Å². The molecule has 4 aromatic rings. The van der Waals surface area contributed by atoms with E-state index >= 15 is 0 Å². The lowest BCUT2D eigenvalue weighted by Gasteiger charge is -2.08. The van der Waals surface area contributed by atoms with Crippen molar-refractivity contribution in [2.24, 2.45) is 0 Å². The van der Waals surface area contributed by atoms with Crippen molar-refractivity contribution >= 4 is 35.8 Å². The number of aromatic amines is 2. The van der Waals surface area contributed by atoms with Gasteiger partial charge in [-0.05, 0) is 73.2 Å². The van der Waals surface area contributed by atoms with Gasteiger partial charge in [0.25, 0.3) is 0 Å². The Morgan fingerprint density at radius 2 is 0.915 bits per heavy atom. The topological polar surface area (TPSA) is 171 Å². The van der Waals surface area contributed by atoms with Crippen molar-refractivity contribution in [3.63, 3.8) is 0 Å². The number of benzene rings is 2. The minimum absolute atomic E-state index is 0.00223. The van der Waals surface area contributed by atoms with Crippen LogP contribution >= 0.6 is 0 Å². The van der Waals surface area contributed by atoms with Crippen LogP contribution in [0, 0.1) is 13.8 Å². The number of aromatic nitrogens is 2. The molecule has 0 amide bonds. The molecule has 2 aromatic carbocycles. The van der Waals surface area contributed by atoms with Crippen LogP contribution in [-0.4, -0.2) is 60.0 Å². The zero-order valence-corrected chi connectivity index (χ0v) is 26.4. The minimum Gasteiger partial charge on any atom is -0.469 e. The Labute approximate surface area is 270 Å². The van der Waals surface area contributed by atoms with Gasteiger partial charge in [-0.15, -0.1) is 0 Å². The van der Waals surface area contributed by atoms with Crippen molar-refractivity contribution in [3.05, 3.63) is 117 Å². The maximum absolute atomic E-state index is 13.2. The third kappa shape index (κ3) is 8.28. The number of methoxy groups -OCH3 is 2. The molecule has 12 nitrogen and oxygen atoms in total. The van der Waals surface area contributed by atoms with Crippen molar-refractivity contribution in [1.29, 1.82) is 0 Å². The van der Waals surface area contributed by atoms with E-state index in [4.69, 9.17) is 18.9 Å². The molecule has 2 N–H and O–H groups in total. The van der Waals surface area contributed by atoms with E-state index < -0.39 is 35.8 Å². The van der Waals surface area contributed by atoms with Gasteiger partial charge in [0.2, 0.25) is 0 Å². The summed E-state index contributed by atoms with van der Waals surface area (Å²) in [6.07, 6.45) is 0.438. The molecule has 47 heavy (non-hydrogen) atoms. The average Bonchev–Trinajstić information content (AvgIpc) is 3.57. The van der Waals surface area contributed by atoms with Crippen LogP contribution in [0.2, 0.25) is 0 Å². The maximum atomic E-state index is 13.2. The van der Waals surface area contributed by atoms with Crippen LogP contribution in [-0.2, 0) is 47.8 Å². The van der Waals surface area contributed by atoms with Gasteiger partial charge in [-0.25, -0.2) is 19.2 Å². The first-order valence-corrected chi connectivity index (χ1v) is 14.7. The molecular weight excluding hydrogens is 608 g/mol. The maximum Gasteiger partial charge on any atom is 0.362 e. The van der Waals surface area contributed by atoms with Crippen LogP contribution in [0.25, 0.3) is 0 Å². The molecule has 0 bridgehead atoms. The van der Waals surface area contributed by atoms with Gasteiger partial charge >= 0.3 is 35.8 Å². The molecule has 0 saturated heterocycles. The summed E-state index contributed by atoms with van der Waals surface area (Å²) in [4.78, 5) is 81.8. The summed E-state index contributed by atoms with van der Waals surface area (Å²) < 4.78 is 19.9. The van der Waals surface area contributed by atoms with Crippen molar-refractivity contribution in [2.75, 3.05) is 14.2 Å². The van der Waals surface area contributed by atoms with E-state index in [2.05, 4.69) is 9.97 Å². The molecule has 4 rings (SSSR count). The Morgan fingerprint density at radius 1 is 0.553 bits per heavy atom. The molecule has 0 unspecified atom stereocenters. The molecule has 0 atom stereocenters. The van der Waals surface area contributed by atoms with Crippen LogP contribution in [0.3, 0.4) is 0 Å². The first-order valence-electron chi connectivity index (χ1n) is 14.7. The van der Waals surface area contributed by atoms with E-state index in [0.717, 1.165) is 0 Å². The Bertz CT molecular complexity index is 1670. The molecule has 0 aliphatic carbocycles. The number of rotatable bonds is 12. The van der Waals surface area contributed by atoms with Gasteiger partial charge in [0.05, 0.1) is 25.3 Å². The van der Waals surface area contributed by atoms with Crippen molar-refractivity contribution in [3.8, 4) is 0 Å². The summed E-state index contributed by atoms with van der Waals surface area (Å²) in [5, 5.41) is 0. The van der Waals surface area contributed by atoms with Gasteiger partial charge in [-0.1, -0.05) is 36.4 Å². The van der Waals surface area contributed by atoms with E-state index in [1.165, 1.54) is 38.5 Å². The Kier molecular flexibility index (Phi) is 11.2. The molecule has 0 fully saturated rings. The molecule has 0 saturated carbocycles. The second-order valence-corrected chi connectivity index (χ2v) is 10.6. The molecule has 244 valence electrons. The Morgan fingerprint density at radius 3 is 1.26 bits per heavy atom. The van der Waals surface area contributed by atoms with E-state index in [-0.39, 0.29) is 54.6 Å². The summed E-state index contributed by atoms with van der Waals surface area (Å²) in [5.74, 6) is -4.44. The fourth-order valence-electron chi connectivity index (χ4n) is 5.15. The minimum atomic E-state index is -0.917. The first kappa shape index (κ1) is 34.1. The molecule has 2 heterocycles. The van der Waals surface area contributed by atoms with E-state index in [1.807, 2.05) is 0 Å². The predicted molar refractivity (Wildman–Crippen MR) is 167 cm³/mol. The third-order valence-electron chi connectivity index (χ3n) is 7.70. The molecular formula is C35H34N2O10. The number of esters is 6. The van der Waals surface area contributed by atoms with Crippen LogP contribution in [0.5, 0.6) is 0 Å². The van der Waals surface area contributed by atoms with Gasteiger partial charge in [0, 0.05) is 30.7 Å². The van der Waals surface area contributed by atoms with Crippen LogP contribution < -0.4 is 0 Å². The zero-order chi connectivity index (χ0) is 34.1. The first-order chi connectivity index (χ1) is 22.5. The smallest absolute Gasteiger partial charge is 0.362 e. The summed E-state index contributed by atoms with van der Waals surface area (Å²) in [6, 6.07) is 16.1. The lowest BCUT2D eigenvalue weighted by molar-refractivity contribution is -0.141. The number of ether oxygens (including phenoxy) is 4. The SMILES string of the molecule is COC(=O)CCc1c(Cc2[nH]c(C(=O)OC(=O)c3ccccc3)c(C)c2CCC(=O)OC)[nH]c(C(=O)OC(=O)c2ccccc2)c1C. The molecule has 0 spiro atoms. The van der Waals surface area contributed by atoms with E-state index in [1.54, 1.807) is 50.2 Å². The lowest BCUT2D eigenvalue weighted by atomic mass is 9.98. The second kappa shape index (κ2) is 15.5. The number of carbonyl (C=O) groups excluding carboxylic acids is 6. The quantitative estimate of drug-likeness (QED) is 0.125. The van der Waals surface area contributed by atoms with Gasteiger partial charge < -0.3 is 28.9 Å². The highest BCUT2D eigenvalue weighted by molar-refractivity contribution is 6.03. The summed E-state index contributed by atoms with van der Waals surface area (Å²) >= 11 is 0. The lowest BCUT2D eigenvalue weighted by Crippen LogP contribution is -2.14. The van der Waals surface area contributed by atoms with Crippen molar-refractivity contribution in [2.45, 2.75) is 46.0 Å². The molecule has 0 aliphatic heterocycles.